The Morgan fingerprint density at radius 2 is 1.67 bits per heavy atom. The van der Waals surface area contributed by atoms with Crippen molar-refractivity contribution in [2.75, 3.05) is 11.9 Å². The Bertz CT molecular complexity index is 1070. The van der Waals surface area contributed by atoms with Gasteiger partial charge in [-0.15, -0.1) is 0 Å². The van der Waals surface area contributed by atoms with Gasteiger partial charge in [0.1, 0.15) is 11.9 Å². The Hall–Kier alpha value is -2.54. The van der Waals surface area contributed by atoms with E-state index < -0.39 is 0 Å². The molecule has 0 radical (unpaired) electrons. The minimum absolute atomic E-state index is 0.621. The lowest BCUT2D eigenvalue weighted by Crippen LogP contribution is -2.13. The fraction of sp³-hybridized carbons (Fsp3) is 0.586. The van der Waals surface area contributed by atoms with Gasteiger partial charge >= 0.3 is 0 Å². The third-order valence-corrected chi connectivity index (χ3v) is 6.78. The number of pyridine rings is 1. The zero-order chi connectivity index (χ0) is 23.6. The quantitative estimate of drug-likeness (QED) is 0.254. The molecule has 0 spiro atoms. The van der Waals surface area contributed by atoms with Crippen LogP contribution >= 0.6 is 0 Å². The summed E-state index contributed by atoms with van der Waals surface area (Å²) in [6, 6.07) is 10.7. The number of hydrogen-bond donors (Lipinski definition) is 1. The maximum atomic E-state index is 9.98. The highest BCUT2D eigenvalue weighted by atomic mass is 15.1. The second-order valence-corrected chi connectivity index (χ2v) is 9.89. The van der Waals surface area contributed by atoms with E-state index in [-0.39, 0.29) is 0 Å². The standard InChI is InChI=1S/C29H42N4/c1-5-6-7-8-9-10-11-12-15-20-31-28-24(19-18-22(2)3)23(4)25(21-30)29-32-26-16-13-14-17-27(26)33(28)29/h13-14,16-17,22,31H,5-12,15,18-20H2,1-4H3. The largest absolute Gasteiger partial charge is 0.371 e. The van der Waals surface area contributed by atoms with Crippen LogP contribution in [0.15, 0.2) is 24.3 Å². The summed E-state index contributed by atoms with van der Waals surface area (Å²) in [4.78, 5) is 4.84. The van der Waals surface area contributed by atoms with Crippen LogP contribution in [0.25, 0.3) is 16.7 Å². The minimum Gasteiger partial charge on any atom is -0.371 e. The lowest BCUT2D eigenvalue weighted by Gasteiger charge is -2.19. The van der Waals surface area contributed by atoms with Crippen molar-refractivity contribution >= 4 is 22.5 Å². The Labute approximate surface area is 200 Å². The van der Waals surface area contributed by atoms with Crippen LogP contribution in [0.4, 0.5) is 5.82 Å². The predicted octanol–water partition coefficient (Wildman–Crippen LogP) is 8.20. The number of rotatable bonds is 14. The third-order valence-electron chi connectivity index (χ3n) is 6.78. The zero-order valence-corrected chi connectivity index (χ0v) is 21.2. The Balaban J connectivity index is 1.78. The number of aromatic nitrogens is 2. The highest BCUT2D eigenvalue weighted by Crippen LogP contribution is 2.32. The van der Waals surface area contributed by atoms with E-state index in [9.17, 15) is 5.26 Å². The number of benzene rings is 1. The van der Waals surface area contributed by atoms with Crippen LogP contribution in [-0.2, 0) is 6.42 Å². The number of nitrogens with one attached hydrogen (secondary N) is 1. The summed E-state index contributed by atoms with van der Waals surface area (Å²) in [5.74, 6) is 1.76. The normalized spacial score (nSPS) is 11.5. The number of unbranched alkanes of at least 4 members (excludes halogenated alkanes) is 8. The predicted molar refractivity (Wildman–Crippen MR) is 141 cm³/mol. The fourth-order valence-electron chi connectivity index (χ4n) is 4.75. The van der Waals surface area contributed by atoms with Crippen molar-refractivity contribution in [2.45, 2.75) is 98.3 Å². The van der Waals surface area contributed by atoms with Crippen LogP contribution in [0, 0.1) is 24.2 Å². The van der Waals surface area contributed by atoms with Gasteiger partial charge in [-0.3, -0.25) is 4.40 Å². The molecule has 1 N–H and O–H groups in total. The van der Waals surface area contributed by atoms with Crippen LogP contribution < -0.4 is 5.32 Å². The van der Waals surface area contributed by atoms with Gasteiger partial charge in [-0.25, -0.2) is 4.98 Å². The van der Waals surface area contributed by atoms with Gasteiger partial charge < -0.3 is 5.32 Å². The molecule has 0 aliphatic carbocycles. The number of nitrogens with zero attached hydrogens (tertiary/aromatic N) is 3. The summed E-state index contributed by atoms with van der Waals surface area (Å²) < 4.78 is 2.20. The molecule has 0 saturated carbocycles. The number of para-hydroxylation sites is 2. The average Bonchev–Trinajstić information content (AvgIpc) is 3.18. The molecule has 0 bridgehead atoms. The molecule has 33 heavy (non-hydrogen) atoms. The molecule has 0 unspecified atom stereocenters. The van der Waals surface area contributed by atoms with Crippen LogP contribution in [0.2, 0.25) is 0 Å². The van der Waals surface area contributed by atoms with Crippen molar-refractivity contribution in [1.82, 2.24) is 9.38 Å². The topological polar surface area (TPSA) is 53.1 Å². The first kappa shape index (κ1) is 25.1. The van der Waals surface area contributed by atoms with Crippen molar-refractivity contribution in [3.05, 3.63) is 41.0 Å². The molecule has 4 heteroatoms. The third kappa shape index (κ3) is 6.28. The van der Waals surface area contributed by atoms with Gasteiger partial charge in [-0.2, -0.15) is 5.26 Å². The van der Waals surface area contributed by atoms with Crippen LogP contribution in [-0.4, -0.2) is 15.9 Å². The van der Waals surface area contributed by atoms with Gasteiger partial charge in [-0.1, -0.05) is 84.3 Å². The molecule has 1 aromatic carbocycles. The second-order valence-electron chi connectivity index (χ2n) is 9.89. The van der Waals surface area contributed by atoms with E-state index in [4.69, 9.17) is 4.98 Å². The van der Waals surface area contributed by atoms with Crippen LogP contribution in [0.3, 0.4) is 0 Å². The summed E-state index contributed by atoms with van der Waals surface area (Å²) in [7, 11) is 0. The fourth-order valence-corrected chi connectivity index (χ4v) is 4.75. The van der Waals surface area contributed by atoms with Crippen molar-refractivity contribution in [2.24, 2.45) is 5.92 Å². The lowest BCUT2D eigenvalue weighted by molar-refractivity contribution is 0.568. The van der Waals surface area contributed by atoms with Crippen molar-refractivity contribution < 1.29 is 0 Å². The minimum atomic E-state index is 0.621. The van der Waals surface area contributed by atoms with E-state index in [1.165, 1.54) is 63.4 Å². The number of imidazole rings is 1. The van der Waals surface area contributed by atoms with Crippen molar-refractivity contribution in [3.63, 3.8) is 0 Å². The number of fused-ring (bicyclic) bond motifs is 3. The molecule has 0 aliphatic rings. The Morgan fingerprint density at radius 3 is 2.33 bits per heavy atom. The summed E-state index contributed by atoms with van der Waals surface area (Å²) in [5, 5.41) is 13.8. The zero-order valence-electron chi connectivity index (χ0n) is 21.2. The molecule has 4 nitrogen and oxygen atoms in total. The molecule has 0 amide bonds. The van der Waals surface area contributed by atoms with Crippen LogP contribution in [0.1, 0.15) is 102 Å². The van der Waals surface area contributed by atoms with Crippen molar-refractivity contribution in [3.8, 4) is 6.07 Å². The van der Waals surface area contributed by atoms with Gasteiger partial charge in [0.15, 0.2) is 5.65 Å². The van der Waals surface area contributed by atoms with Crippen LogP contribution in [0.5, 0.6) is 0 Å². The summed E-state index contributed by atoms with van der Waals surface area (Å²) >= 11 is 0. The maximum Gasteiger partial charge on any atom is 0.157 e. The van der Waals surface area contributed by atoms with E-state index in [2.05, 4.69) is 55.6 Å². The molecule has 0 atom stereocenters. The molecular weight excluding hydrogens is 404 g/mol. The average molecular weight is 447 g/mol. The van der Waals surface area contributed by atoms with Gasteiger partial charge in [0, 0.05) is 6.54 Å². The summed E-state index contributed by atoms with van der Waals surface area (Å²) in [6.45, 7) is 9.85. The van der Waals surface area contributed by atoms with Gasteiger partial charge in [-0.05, 0) is 55.4 Å². The first-order chi connectivity index (χ1) is 16.1. The molecule has 0 saturated heterocycles. The molecule has 2 heterocycles. The van der Waals surface area contributed by atoms with Crippen molar-refractivity contribution in [1.29, 1.82) is 5.26 Å². The Morgan fingerprint density at radius 1 is 1.00 bits per heavy atom. The van der Waals surface area contributed by atoms with E-state index in [1.807, 2.05) is 12.1 Å². The van der Waals surface area contributed by atoms with E-state index in [1.54, 1.807) is 0 Å². The molecule has 0 fully saturated rings. The highest BCUT2D eigenvalue weighted by molar-refractivity contribution is 5.86. The van der Waals surface area contributed by atoms with E-state index in [0.717, 1.165) is 47.4 Å². The molecule has 0 aliphatic heterocycles. The molecule has 3 aromatic rings. The van der Waals surface area contributed by atoms with E-state index >= 15 is 0 Å². The smallest absolute Gasteiger partial charge is 0.157 e. The first-order valence-corrected chi connectivity index (χ1v) is 13.1. The number of anilines is 1. The Kier molecular flexibility index (Phi) is 9.61. The van der Waals surface area contributed by atoms with Gasteiger partial charge in [0.05, 0.1) is 16.6 Å². The number of nitriles is 1. The summed E-state index contributed by atoms with van der Waals surface area (Å²) in [6.07, 6.45) is 14.1. The number of hydrogen-bond acceptors (Lipinski definition) is 3. The first-order valence-electron chi connectivity index (χ1n) is 13.1. The van der Waals surface area contributed by atoms with Gasteiger partial charge in [0.2, 0.25) is 0 Å². The maximum absolute atomic E-state index is 9.98. The summed E-state index contributed by atoms with van der Waals surface area (Å²) in [5.41, 5.74) is 5.85. The second kappa shape index (κ2) is 12.6. The van der Waals surface area contributed by atoms with E-state index in [0.29, 0.717) is 11.5 Å². The molecule has 2 aromatic heterocycles. The monoisotopic (exact) mass is 446 g/mol. The highest BCUT2D eigenvalue weighted by Gasteiger charge is 2.20. The van der Waals surface area contributed by atoms with Gasteiger partial charge in [0.25, 0.3) is 0 Å². The molecule has 3 rings (SSSR count). The lowest BCUT2D eigenvalue weighted by atomic mass is 9.96. The molecular formula is C29H42N4. The SMILES string of the molecule is CCCCCCCCCCCNc1c(CCC(C)C)c(C)c(C#N)c2nc3ccccc3n12. The molecule has 178 valence electrons.